The van der Waals surface area contributed by atoms with E-state index in [0.29, 0.717) is 0 Å². The van der Waals surface area contributed by atoms with Gasteiger partial charge in [-0.3, -0.25) is 9.89 Å². The predicted molar refractivity (Wildman–Crippen MR) is 126 cm³/mol. The van der Waals surface area contributed by atoms with Crippen molar-refractivity contribution >= 4 is 35.6 Å². The highest BCUT2D eigenvalue weighted by Crippen LogP contribution is 2.15. The van der Waals surface area contributed by atoms with E-state index in [4.69, 9.17) is 5.73 Å². The predicted octanol–water partition coefficient (Wildman–Crippen LogP) is 3.40. The van der Waals surface area contributed by atoms with Crippen molar-refractivity contribution in [3.8, 4) is 0 Å². The zero-order valence-electron chi connectivity index (χ0n) is 16.6. The summed E-state index contributed by atoms with van der Waals surface area (Å²) in [7, 11) is 0. The summed E-state index contributed by atoms with van der Waals surface area (Å²) in [5.74, 6) is 0.767. The van der Waals surface area contributed by atoms with Gasteiger partial charge in [0.1, 0.15) is 0 Å². The van der Waals surface area contributed by atoms with Gasteiger partial charge in [0.2, 0.25) is 0 Å². The highest BCUT2D eigenvalue weighted by atomic mass is 127. The molecule has 5 nitrogen and oxygen atoms in total. The summed E-state index contributed by atoms with van der Waals surface area (Å²) >= 11 is 0. The van der Waals surface area contributed by atoms with E-state index in [-0.39, 0.29) is 24.0 Å². The number of hydrogen-bond acceptors (Lipinski definition) is 3. The molecule has 0 radical (unpaired) electrons. The number of rotatable bonds is 6. The van der Waals surface area contributed by atoms with Crippen LogP contribution in [-0.4, -0.2) is 68.1 Å². The highest BCUT2D eigenvalue weighted by molar-refractivity contribution is 14.0. The lowest BCUT2D eigenvalue weighted by Crippen LogP contribution is -2.46. The van der Waals surface area contributed by atoms with Gasteiger partial charge in [-0.1, -0.05) is 31.0 Å². The first-order valence-electron chi connectivity index (χ1n) is 10.4. The van der Waals surface area contributed by atoms with Gasteiger partial charge in [0.25, 0.3) is 0 Å². The van der Waals surface area contributed by atoms with Gasteiger partial charge in [-0.25, -0.2) is 0 Å². The van der Waals surface area contributed by atoms with Crippen LogP contribution in [0.4, 0.5) is 5.69 Å². The Labute approximate surface area is 182 Å². The quantitative estimate of drug-likeness (QED) is 0.291. The topological polar surface area (TPSA) is 48.1 Å². The van der Waals surface area contributed by atoms with Crippen molar-refractivity contribution in [2.45, 2.75) is 38.5 Å². The van der Waals surface area contributed by atoms with E-state index < -0.39 is 0 Å². The van der Waals surface area contributed by atoms with Crippen LogP contribution in [0.2, 0.25) is 0 Å². The molecule has 1 aromatic rings. The molecular formula is C21H36IN5. The van der Waals surface area contributed by atoms with Crippen molar-refractivity contribution in [3.05, 3.63) is 30.3 Å². The number of halogens is 1. The molecule has 2 aliphatic heterocycles. The molecule has 152 valence electrons. The fourth-order valence-electron chi connectivity index (χ4n) is 3.91. The molecule has 1 aromatic carbocycles. The molecule has 2 N–H and O–H groups in total. The number of guanidine groups is 1. The number of unbranched alkanes of at least 4 members (excludes halogenated alkanes) is 1. The lowest BCUT2D eigenvalue weighted by molar-refractivity contribution is 0.253. The molecule has 6 heteroatoms. The minimum atomic E-state index is 0. The Kier molecular flexibility index (Phi) is 10.3. The summed E-state index contributed by atoms with van der Waals surface area (Å²) in [5.41, 5.74) is 7.53. The number of para-hydroxylation sites is 1. The maximum atomic E-state index is 6.17. The third-order valence-corrected chi connectivity index (χ3v) is 5.58. The molecule has 0 saturated carbocycles. The van der Waals surface area contributed by atoms with Crippen LogP contribution in [-0.2, 0) is 0 Å². The van der Waals surface area contributed by atoms with Gasteiger partial charge in [0, 0.05) is 51.5 Å². The number of piperazine rings is 1. The lowest BCUT2D eigenvalue weighted by Gasteiger charge is -2.36. The summed E-state index contributed by atoms with van der Waals surface area (Å²) in [6, 6.07) is 10.8. The second-order valence-electron chi connectivity index (χ2n) is 7.51. The van der Waals surface area contributed by atoms with Gasteiger partial charge in [0.15, 0.2) is 5.96 Å². The molecule has 2 aliphatic rings. The fourth-order valence-corrected chi connectivity index (χ4v) is 3.91. The standard InChI is InChI=1S/C21H35N5.HI/c22-21(26-14-7-1-2-8-15-26)23-12-6-9-13-24-16-18-25(19-17-24)20-10-4-3-5-11-20;/h3-5,10-11H,1-2,6-9,12-19H2,(H2,22,23);1H. The van der Waals surface area contributed by atoms with Crippen molar-refractivity contribution in [1.82, 2.24) is 9.80 Å². The number of hydrogen-bond donors (Lipinski definition) is 1. The normalized spacial score (nSPS) is 19.5. The Balaban J connectivity index is 0.00000261. The van der Waals surface area contributed by atoms with Crippen LogP contribution >= 0.6 is 24.0 Å². The molecule has 0 aliphatic carbocycles. The van der Waals surface area contributed by atoms with Crippen LogP contribution in [0, 0.1) is 0 Å². The molecule has 0 unspecified atom stereocenters. The van der Waals surface area contributed by atoms with Crippen molar-refractivity contribution in [2.75, 3.05) is 57.3 Å². The summed E-state index contributed by atoms with van der Waals surface area (Å²) in [5, 5.41) is 0. The second kappa shape index (κ2) is 12.4. The van der Waals surface area contributed by atoms with Gasteiger partial charge >= 0.3 is 0 Å². The van der Waals surface area contributed by atoms with Crippen LogP contribution in [0.3, 0.4) is 0 Å². The Morgan fingerprint density at radius 1 is 0.852 bits per heavy atom. The number of aliphatic imine (C=N–C) groups is 1. The van der Waals surface area contributed by atoms with Crippen molar-refractivity contribution in [3.63, 3.8) is 0 Å². The summed E-state index contributed by atoms with van der Waals surface area (Å²) in [6.45, 7) is 8.80. The maximum absolute atomic E-state index is 6.17. The zero-order valence-corrected chi connectivity index (χ0v) is 18.9. The van der Waals surface area contributed by atoms with E-state index >= 15 is 0 Å². The van der Waals surface area contributed by atoms with E-state index in [1.807, 2.05) is 0 Å². The largest absolute Gasteiger partial charge is 0.370 e. The number of likely N-dealkylation sites (tertiary alicyclic amines) is 1. The minimum Gasteiger partial charge on any atom is -0.370 e. The molecule has 0 amide bonds. The van der Waals surface area contributed by atoms with Gasteiger partial charge in [-0.05, 0) is 44.4 Å². The molecule has 0 atom stereocenters. The first-order chi connectivity index (χ1) is 12.8. The first-order valence-corrected chi connectivity index (χ1v) is 10.4. The summed E-state index contributed by atoms with van der Waals surface area (Å²) in [4.78, 5) is 12.0. The van der Waals surface area contributed by atoms with Gasteiger partial charge in [-0.2, -0.15) is 0 Å². The van der Waals surface area contributed by atoms with Crippen LogP contribution < -0.4 is 10.6 Å². The van der Waals surface area contributed by atoms with Crippen LogP contribution in [0.1, 0.15) is 38.5 Å². The Hall–Kier alpha value is -1.02. The smallest absolute Gasteiger partial charge is 0.191 e. The number of nitrogens with zero attached hydrogens (tertiary/aromatic N) is 4. The molecule has 2 heterocycles. The fraction of sp³-hybridized carbons (Fsp3) is 0.667. The third-order valence-electron chi connectivity index (χ3n) is 5.58. The molecule has 2 saturated heterocycles. The van der Waals surface area contributed by atoms with Crippen molar-refractivity contribution in [1.29, 1.82) is 0 Å². The molecule has 0 spiro atoms. The van der Waals surface area contributed by atoms with E-state index in [2.05, 4.69) is 50.0 Å². The Bertz CT molecular complexity index is 535. The zero-order chi connectivity index (χ0) is 18.0. The molecule has 27 heavy (non-hydrogen) atoms. The Morgan fingerprint density at radius 2 is 1.52 bits per heavy atom. The van der Waals surface area contributed by atoms with Gasteiger partial charge in [-0.15, -0.1) is 24.0 Å². The van der Waals surface area contributed by atoms with E-state index in [1.54, 1.807) is 0 Å². The molecule has 0 bridgehead atoms. The van der Waals surface area contributed by atoms with Crippen molar-refractivity contribution < 1.29 is 0 Å². The lowest BCUT2D eigenvalue weighted by atomic mass is 10.2. The number of anilines is 1. The van der Waals surface area contributed by atoms with E-state index in [1.165, 1.54) is 44.3 Å². The second-order valence-corrected chi connectivity index (χ2v) is 7.51. The first kappa shape index (κ1) is 22.3. The SMILES string of the molecule is I.NC(=NCCCCN1CCN(c2ccccc2)CC1)N1CCCCCC1. The minimum absolute atomic E-state index is 0. The molecular weight excluding hydrogens is 449 g/mol. The van der Waals surface area contributed by atoms with E-state index in [9.17, 15) is 0 Å². The third kappa shape index (κ3) is 7.49. The summed E-state index contributed by atoms with van der Waals surface area (Å²) < 4.78 is 0. The van der Waals surface area contributed by atoms with Crippen LogP contribution in [0.5, 0.6) is 0 Å². The van der Waals surface area contributed by atoms with Gasteiger partial charge < -0.3 is 15.5 Å². The molecule has 3 rings (SSSR count). The summed E-state index contributed by atoms with van der Waals surface area (Å²) in [6.07, 6.45) is 7.52. The average Bonchev–Trinajstić information content (AvgIpc) is 2.98. The van der Waals surface area contributed by atoms with E-state index in [0.717, 1.165) is 58.2 Å². The Morgan fingerprint density at radius 3 is 2.19 bits per heavy atom. The van der Waals surface area contributed by atoms with Crippen LogP contribution in [0.15, 0.2) is 35.3 Å². The molecule has 2 fully saturated rings. The average molecular weight is 485 g/mol. The van der Waals surface area contributed by atoms with Crippen LogP contribution in [0.25, 0.3) is 0 Å². The number of benzene rings is 1. The monoisotopic (exact) mass is 485 g/mol. The molecule has 0 aromatic heterocycles. The van der Waals surface area contributed by atoms with Gasteiger partial charge in [0.05, 0.1) is 0 Å². The highest BCUT2D eigenvalue weighted by Gasteiger charge is 2.16. The maximum Gasteiger partial charge on any atom is 0.191 e. The van der Waals surface area contributed by atoms with Crippen molar-refractivity contribution in [2.24, 2.45) is 10.7 Å². The number of nitrogens with two attached hydrogens (primary N) is 1.